The van der Waals surface area contributed by atoms with Gasteiger partial charge in [0.05, 0.1) is 6.61 Å². The monoisotopic (exact) mass is 289 g/mol. The lowest BCUT2D eigenvalue weighted by Gasteiger charge is -2.34. The molecule has 0 amide bonds. The summed E-state index contributed by atoms with van der Waals surface area (Å²) in [5.74, 6) is 2.45. The number of carbonyl (C=O) groups is 1. The number of ether oxygens (including phenoxy) is 1. The molecule has 1 aliphatic rings. The van der Waals surface area contributed by atoms with Crippen molar-refractivity contribution in [2.24, 2.45) is 11.8 Å². The molecule has 2 atom stereocenters. The van der Waals surface area contributed by atoms with Gasteiger partial charge in [0.1, 0.15) is 12.0 Å². The van der Waals surface area contributed by atoms with E-state index in [0.29, 0.717) is 5.56 Å². The van der Waals surface area contributed by atoms with Crippen molar-refractivity contribution in [3.8, 4) is 5.75 Å². The summed E-state index contributed by atoms with van der Waals surface area (Å²) >= 11 is 0. The number of aldehydes is 1. The van der Waals surface area contributed by atoms with E-state index < -0.39 is 0 Å². The molecule has 0 aliphatic carbocycles. The van der Waals surface area contributed by atoms with Crippen LogP contribution in [0.3, 0.4) is 0 Å². The molecule has 1 aliphatic heterocycles. The van der Waals surface area contributed by atoms with E-state index in [1.165, 1.54) is 32.5 Å². The van der Waals surface area contributed by atoms with Crippen molar-refractivity contribution in [3.63, 3.8) is 0 Å². The van der Waals surface area contributed by atoms with Gasteiger partial charge in [-0.2, -0.15) is 0 Å². The highest BCUT2D eigenvalue weighted by Crippen LogP contribution is 2.21. The third-order valence-electron chi connectivity index (χ3n) is 4.08. The van der Waals surface area contributed by atoms with Crippen molar-refractivity contribution < 1.29 is 9.53 Å². The molecule has 116 valence electrons. The van der Waals surface area contributed by atoms with Crippen LogP contribution in [0, 0.1) is 11.8 Å². The number of carbonyl (C=O) groups excluding carboxylic acids is 1. The van der Waals surface area contributed by atoms with Gasteiger partial charge in [0.2, 0.25) is 0 Å². The molecule has 0 radical (unpaired) electrons. The van der Waals surface area contributed by atoms with Gasteiger partial charge in [-0.15, -0.1) is 0 Å². The molecule has 0 spiro atoms. The first kappa shape index (κ1) is 16.0. The van der Waals surface area contributed by atoms with Crippen LogP contribution in [0.4, 0.5) is 0 Å². The van der Waals surface area contributed by atoms with E-state index in [4.69, 9.17) is 4.74 Å². The number of hydrogen-bond donors (Lipinski definition) is 0. The second-order valence-electron chi connectivity index (χ2n) is 6.45. The number of piperidine rings is 1. The van der Waals surface area contributed by atoms with Gasteiger partial charge in [-0.25, -0.2) is 0 Å². The van der Waals surface area contributed by atoms with Crippen LogP contribution in [0.25, 0.3) is 0 Å². The summed E-state index contributed by atoms with van der Waals surface area (Å²) in [5, 5.41) is 0. The Labute approximate surface area is 128 Å². The molecule has 2 rings (SSSR count). The maximum Gasteiger partial charge on any atom is 0.150 e. The number of rotatable bonds is 7. The Morgan fingerprint density at radius 1 is 1.24 bits per heavy atom. The normalized spacial score (nSPS) is 23.0. The molecule has 0 N–H and O–H groups in total. The quantitative estimate of drug-likeness (QED) is 0.567. The number of likely N-dealkylation sites (tertiary alicyclic amines) is 1. The Morgan fingerprint density at radius 3 is 2.71 bits per heavy atom. The lowest BCUT2D eigenvalue weighted by Crippen LogP contribution is -2.39. The van der Waals surface area contributed by atoms with Crippen LogP contribution in [-0.4, -0.2) is 37.4 Å². The summed E-state index contributed by atoms with van der Waals surface area (Å²) in [5.41, 5.74) is 0.670. The van der Waals surface area contributed by atoms with Crippen molar-refractivity contribution in [2.45, 2.75) is 33.1 Å². The first-order valence-electron chi connectivity index (χ1n) is 8.07. The zero-order valence-electron chi connectivity index (χ0n) is 13.3. The van der Waals surface area contributed by atoms with Crippen LogP contribution in [0.2, 0.25) is 0 Å². The molecule has 0 unspecified atom stereocenters. The van der Waals surface area contributed by atoms with Crippen molar-refractivity contribution in [1.29, 1.82) is 0 Å². The van der Waals surface area contributed by atoms with E-state index >= 15 is 0 Å². The molecule has 21 heavy (non-hydrogen) atoms. The molecule has 3 nitrogen and oxygen atoms in total. The van der Waals surface area contributed by atoms with E-state index in [2.05, 4.69) is 18.7 Å². The largest absolute Gasteiger partial charge is 0.494 e. The Bertz CT molecular complexity index is 437. The van der Waals surface area contributed by atoms with Crippen molar-refractivity contribution in [1.82, 2.24) is 4.90 Å². The average molecular weight is 289 g/mol. The van der Waals surface area contributed by atoms with Crippen LogP contribution in [0.5, 0.6) is 5.75 Å². The van der Waals surface area contributed by atoms with Crippen molar-refractivity contribution in [2.75, 3.05) is 26.2 Å². The predicted molar refractivity (Wildman–Crippen MR) is 85.9 cm³/mol. The standard InChI is InChI=1S/C18H27NO2/c1-15-10-16(2)13-19(12-15)8-3-4-9-21-18-7-5-6-17(11-18)14-20/h5-7,11,14-16H,3-4,8-10,12-13H2,1-2H3/t15-,16-/m1/s1. The third-order valence-corrected chi connectivity index (χ3v) is 4.08. The minimum atomic E-state index is 0.670. The van der Waals surface area contributed by atoms with Gasteiger partial charge < -0.3 is 9.64 Å². The smallest absolute Gasteiger partial charge is 0.150 e. The topological polar surface area (TPSA) is 29.5 Å². The fraction of sp³-hybridized carbons (Fsp3) is 0.611. The van der Waals surface area contributed by atoms with Crippen molar-refractivity contribution in [3.05, 3.63) is 29.8 Å². The van der Waals surface area contributed by atoms with Gasteiger partial charge in [-0.05, 0) is 49.8 Å². The first-order chi connectivity index (χ1) is 10.2. The molecule has 0 saturated carbocycles. The molecule has 1 heterocycles. The maximum absolute atomic E-state index is 10.7. The van der Waals surface area contributed by atoms with Gasteiger partial charge in [-0.1, -0.05) is 26.0 Å². The van der Waals surface area contributed by atoms with E-state index in [9.17, 15) is 4.79 Å². The van der Waals surface area contributed by atoms with Crippen molar-refractivity contribution >= 4 is 6.29 Å². The Hall–Kier alpha value is -1.35. The van der Waals surface area contributed by atoms with E-state index in [1.54, 1.807) is 12.1 Å². The SMILES string of the molecule is C[C@@H]1C[C@@H](C)CN(CCCCOc2cccc(C=O)c2)C1. The predicted octanol–water partition coefficient (Wildman–Crippen LogP) is 3.64. The highest BCUT2D eigenvalue weighted by molar-refractivity contribution is 5.75. The van der Waals surface area contributed by atoms with Crippen LogP contribution < -0.4 is 4.74 Å². The molecule has 1 aromatic carbocycles. The molecule has 0 bridgehead atoms. The van der Waals surface area contributed by atoms with Gasteiger partial charge in [0, 0.05) is 18.7 Å². The second kappa shape index (κ2) is 8.18. The first-order valence-corrected chi connectivity index (χ1v) is 8.07. The number of unbranched alkanes of at least 4 members (excludes halogenated alkanes) is 1. The molecule has 0 aromatic heterocycles. The molecular formula is C18H27NO2. The van der Waals surface area contributed by atoms with Gasteiger partial charge in [-0.3, -0.25) is 4.79 Å². The fourth-order valence-electron chi connectivity index (χ4n) is 3.28. The minimum Gasteiger partial charge on any atom is -0.494 e. The summed E-state index contributed by atoms with van der Waals surface area (Å²) in [6, 6.07) is 7.34. The molecule has 1 saturated heterocycles. The summed E-state index contributed by atoms with van der Waals surface area (Å²) < 4.78 is 5.70. The summed E-state index contributed by atoms with van der Waals surface area (Å²) in [4.78, 5) is 13.3. The van der Waals surface area contributed by atoms with E-state index in [1.807, 2.05) is 12.1 Å². The molecule has 3 heteroatoms. The Kier molecular flexibility index (Phi) is 6.24. The molecule has 1 fully saturated rings. The van der Waals surface area contributed by atoms with Crippen LogP contribution in [0.1, 0.15) is 43.5 Å². The van der Waals surface area contributed by atoms with Crippen LogP contribution in [0.15, 0.2) is 24.3 Å². The highest BCUT2D eigenvalue weighted by Gasteiger charge is 2.20. The molecule has 1 aromatic rings. The summed E-state index contributed by atoms with van der Waals surface area (Å²) in [7, 11) is 0. The lowest BCUT2D eigenvalue weighted by molar-refractivity contribution is 0.112. The fourth-order valence-corrected chi connectivity index (χ4v) is 3.28. The van der Waals surface area contributed by atoms with Crippen LogP contribution >= 0.6 is 0 Å². The van der Waals surface area contributed by atoms with Gasteiger partial charge >= 0.3 is 0 Å². The van der Waals surface area contributed by atoms with E-state index in [-0.39, 0.29) is 0 Å². The number of benzene rings is 1. The zero-order valence-corrected chi connectivity index (χ0v) is 13.3. The summed E-state index contributed by atoms with van der Waals surface area (Å²) in [6.07, 6.45) is 4.45. The third kappa shape index (κ3) is 5.50. The summed E-state index contributed by atoms with van der Waals surface area (Å²) in [6.45, 7) is 9.09. The van der Waals surface area contributed by atoms with Gasteiger partial charge in [0.15, 0.2) is 0 Å². The Morgan fingerprint density at radius 2 is 2.00 bits per heavy atom. The number of hydrogen-bond acceptors (Lipinski definition) is 3. The Balaban J connectivity index is 1.62. The van der Waals surface area contributed by atoms with E-state index in [0.717, 1.165) is 36.9 Å². The lowest BCUT2D eigenvalue weighted by atomic mass is 9.92. The maximum atomic E-state index is 10.7. The zero-order chi connectivity index (χ0) is 15.1. The highest BCUT2D eigenvalue weighted by atomic mass is 16.5. The minimum absolute atomic E-state index is 0.670. The second-order valence-corrected chi connectivity index (χ2v) is 6.45. The molecular weight excluding hydrogens is 262 g/mol. The average Bonchev–Trinajstić information content (AvgIpc) is 2.46. The van der Waals surface area contributed by atoms with Crippen LogP contribution in [-0.2, 0) is 0 Å². The number of nitrogens with zero attached hydrogens (tertiary/aromatic N) is 1. The van der Waals surface area contributed by atoms with Gasteiger partial charge in [0.25, 0.3) is 0 Å².